The first-order valence-electron chi connectivity index (χ1n) is 7.81. The number of rotatable bonds is 1. The van der Waals surface area contributed by atoms with Crippen LogP contribution in [-0.2, 0) is 9.47 Å². The maximum Gasteiger partial charge on any atom is 0.0701 e. The minimum Gasteiger partial charge on any atom is -0.381 e. The standard InChI is InChI=1S/C15H27NO2S/c16-15(3-1-7-17-9-4-15)13-2-8-18-14(12-13)5-10-19-11-6-14/h13H,1-12,16H2. The molecule has 3 rings (SSSR count). The van der Waals surface area contributed by atoms with E-state index in [-0.39, 0.29) is 11.1 Å². The van der Waals surface area contributed by atoms with Crippen molar-refractivity contribution >= 4 is 11.8 Å². The van der Waals surface area contributed by atoms with E-state index < -0.39 is 0 Å². The summed E-state index contributed by atoms with van der Waals surface area (Å²) in [4.78, 5) is 0. The second-order valence-electron chi connectivity index (χ2n) is 6.53. The molecule has 4 heteroatoms. The average molecular weight is 285 g/mol. The molecule has 3 heterocycles. The van der Waals surface area contributed by atoms with Crippen LogP contribution in [0.25, 0.3) is 0 Å². The lowest BCUT2D eigenvalue weighted by Crippen LogP contribution is -2.54. The Hall–Kier alpha value is 0.230. The highest BCUT2D eigenvalue weighted by atomic mass is 32.2. The normalized spacial score (nSPS) is 39.9. The van der Waals surface area contributed by atoms with Crippen molar-refractivity contribution in [3.63, 3.8) is 0 Å². The van der Waals surface area contributed by atoms with Gasteiger partial charge in [0, 0.05) is 25.4 Å². The molecule has 110 valence electrons. The largest absolute Gasteiger partial charge is 0.381 e. The van der Waals surface area contributed by atoms with Crippen molar-refractivity contribution in [3.05, 3.63) is 0 Å². The van der Waals surface area contributed by atoms with Gasteiger partial charge in [-0.15, -0.1) is 0 Å². The van der Waals surface area contributed by atoms with Gasteiger partial charge in [-0.3, -0.25) is 0 Å². The van der Waals surface area contributed by atoms with Crippen LogP contribution in [0.4, 0.5) is 0 Å². The Balaban J connectivity index is 1.69. The van der Waals surface area contributed by atoms with Gasteiger partial charge in [0.2, 0.25) is 0 Å². The van der Waals surface area contributed by atoms with Gasteiger partial charge in [0.25, 0.3) is 0 Å². The van der Waals surface area contributed by atoms with Crippen molar-refractivity contribution in [2.24, 2.45) is 11.7 Å². The molecule has 3 aliphatic rings. The molecule has 3 fully saturated rings. The topological polar surface area (TPSA) is 44.5 Å². The zero-order valence-electron chi connectivity index (χ0n) is 11.9. The average Bonchev–Trinajstić information content (AvgIpc) is 2.66. The molecule has 0 bridgehead atoms. The minimum atomic E-state index is -0.00211. The van der Waals surface area contributed by atoms with Crippen LogP contribution >= 0.6 is 11.8 Å². The van der Waals surface area contributed by atoms with Gasteiger partial charge in [0.05, 0.1) is 5.60 Å². The summed E-state index contributed by atoms with van der Waals surface area (Å²) in [7, 11) is 0. The van der Waals surface area contributed by atoms with E-state index in [0.29, 0.717) is 5.92 Å². The first-order valence-corrected chi connectivity index (χ1v) is 8.96. The summed E-state index contributed by atoms with van der Waals surface area (Å²) in [6, 6.07) is 0. The van der Waals surface area contributed by atoms with Gasteiger partial charge in [0.15, 0.2) is 0 Å². The Labute approximate surface area is 121 Å². The monoisotopic (exact) mass is 285 g/mol. The maximum atomic E-state index is 6.78. The van der Waals surface area contributed by atoms with Gasteiger partial charge in [-0.2, -0.15) is 11.8 Å². The van der Waals surface area contributed by atoms with E-state index >= 15 is 0 Å². The van der Waals surface area contributed by atoms with Gasteiger partial charge in [-0.1, -0.05) is 0 Å². The van der Waals surface area contributed by atoms with Crippen LogP contribution in [0.3, 0.4) is 0 Å². The quantitative estimate of drug-likeness (QED) is 0.804. The van der Waals surface area contributed by atoms with Crippen molar-refractivity contribution in [3.8, 4) is 0 Å². The zero-order valence-corrected chi connectivity index (χ0v) is 12.7. The summed E-state index contributed by atoms with van der Waals surface area (Å²) < 4.78 is 11.8. The highest BCUT2D eigenvalue weighted by Crippen LogP contribution is 2.44. The van der Waals surface area contributed by atoms with Crippen molar-refractivity contribution in [1.29, 1.82) is 0 Å². The molecule has 2 N–H and O–H groups in total. The molecule has 2 atom stereocenters. The fourth-order valence-corrected chi connectivity index (χ4v) is 5.25. The lowest BCUT2D eigenvalue weighted by Gasteiger charge is -2.48. The van der Waals surface area contributed by atoms with Crippen LogP contribution in [0.2, 0.25) is 0 Å². The van der Waals surface area contributed by atoms with Gasteiger partial charge in [0.1, 0.15) is 0 Å². The molecule has 0 aliphatic carbocycles. The zero-order chi connectivity index (χ0) is 13.2. The molecule has 0 aromatic rings. The first kappa shape index (κ1) is 14.2. The third-order valence-corrected chi connectivity index (χ3v) is 6.34. The van der Waals surface area contributed by atoms with Crippen molar-refractivity contribution < 1.29 is 9.47 Å². The molecule has 0 aromatic carbocycles. The molecule has 3 saturated heterocycles. The summed E-state index contributed by atoms with van der Waals surface area (Å²) in [5.74, 6) is 3.15. The second kappa shape index (κ2) is 5.92. The second-order valence-corrected chi connectivity index (χ2v) is 7.76. The molecule has 0 aromatic heterocycles. The highest BCUT2D eigenvalue weighted by molar-refractivity contribution is 7.99. The molecular weight excluding hydrogens is 258 g/mol. The molecule has 2 unspecified atom stereocenters. The summed E-state index contributed by atoms with van der Waals surface area (Å²) in [6.07, 6.45) is 8.05. The van der Waals surface area contributed by atoms with E-state index in [0.717, 1.165) is 45.5 Å². The van der Waals surface area contributed by atoms with Gasteiger partial charge in [-0.25, -0.2) is 0 Å². The van der Waals surface area contributed by atoms with Crippen molar-refractivity contribution in [2.75, 3.05) is 31.3 Å². The van der Waals surface area contributed by atoms with E-state index in [1.165, 1.54) is 30.8 Å². The third-order valence-electron chi connectivity index (χ3n) is 5.35. The van der Waals surface area contributed by atoms with Crippen LogP contribution in [0.1, 0.15) is 44.9 Å². The van der Waals surface area contributed by atoms with Crippen molar-refractivity contribution in [2.45, 2.75) is 56.1 Å². The summed E-state index contributed by atoms with van der Waals surface area (Å²) in [5.41, 5.74) is 6.94. The minimum absolute atomic E-state index is 0.00211. The molecule has 19 heavy (non-hydrogen) atoms. The SMILES string of the molecule is NC1(C2CCOC3(CCSCC3)C2)CCCOCC1. The van der Waals surface area contributed by atoms with Gasteiger partial charge >= 0.3 is 0 Å². The molecular formula is C15H27NO2S. The summed E-state index contributed by atoms with van der Waals surface area (Å²) in [5, 5.41) is 0. The van der Waals surface area contributed by atoms with Crippen LogP contribution in [-0.4, -0.2) is 42.5 Å². The molecule has 0 radical (unpaired) electrons. The Morgan fingerprint density at radius 1 is 1.00 bits per heavy atom. The van der Waals surface area contributed by atoms with E-state index in [1.54, 1.807) is 0 Å². The number of nitrogens with two attached hydrogens (primary N) is 1. The van der Waals surface area contributed by atoms with E-state index in [1.807, 2.05) is 0 Å². The number of ether oxygens (including phenoxy) is 2. The summed E-state index contributed by atoms with van der Waals surface area (Å²) >= 11 is 2.07. The van der Waals surface area contributed by atoms with Crippen LogP contribution in [0.5, 0.6) is 0 Å². The Morgan fingerprint density at radius 3 is 2.68 bits per heavy atom. The predicted molar refractivity (Wildman–Crippen MR) is 79.6 cm³/mol. The number of thioether (sulfide) groups is 1. The van der Waals surface area contributed by atoms with Crippen LogP contribution in [0.15, 0.2) is 0 Å². The number of hydrogen-bond donors (Lipinski definition) is 1. The predicted octanol–water partition coefficient (Wildman–Crippen LogP) is 2.58. The number of hydrogen-bond acceptors (Lipinski definition) is 4. The smallest absolute Gasteiger partial charge is 0.0701 e. The molecule has 3 aliphatic heterocycles. The molecule has 0 amide bonds. The van der Waals surface area contributed by atoms with Crippen LogP contribution < -0.4 is 5.73 Å². The first-order chi connectivity index (χ1) is 9.23. The Morgan fingerprint density at radius 2 is 1.84 bits per heavy atom. The summed E-state index contributed by atoms with van der Waals surface area (Å²) in [6.45, 7) is 2.65. The van der Waals surface area contributed by atoms with Gasteiger partial charge < -0.3 is 15.2 Å². The Kier molecular flexibility index (Phi) is 4.42. The lowest BCUT2D eigenvalue weighted by molar-refractivity contribution is -0.115. The van der Waals surface area contributed by atoms with E-state index in [9.17, 15) is 0 Å². The molecule has 0 saturated carbocycles. The fourth-order valence-electron chi connectivity index (χ4n) is 4.01. The van der Waals surface area contributed by atoms with E-state index in [2.05, 4.69) is 11.8 Å². The highest BCUT2D eigenvalue weighted by Gasteiger charge is 2.45. The maximum absolute atomic E-state index is 6.78. The molecule has 3 nitrogen and oxygen atoms in total. The van der Waals surface area contributed by atoms with Crippen molar-refractivity contribution in [1.82, 2.24) is 0 Å². The lowest BCUT2D eigenvalue weighted by atomic mass is 9.69. The fraction of sp³-hybridized carbons (Fsp3) is 1.00. The van der Waals surface area contributed by atoms with Gasteiger partial charge in [-0.05, 0) is 62.4 Å². The Bertz CT molecular complexity index is 291. The van der Waals surface area contributed by atoms with E-state index in [4.69, 9.17) is 15.2 Å². The molecule has 1 spiro atoms. The third kappa shape index (κ3) is 3.12. The van der Waals surface area contributed by atoms with Crippen LogP contribution in [0, 0.1) is 5.92 Å².